The average Bonchev–Trinajstić information content (AvgIpc) is 3.04. The standard InChI is InChI=1S/C19H30N4O/c1-4-23(15(2)3)17-6-5-16(13-21-17)18(24)22-11-8-19(9-12-22)7-10-20-14-19/h5-6,13,15,20H,4,7-12,14H2,1-3H3. The van der Waals surface area contributed by atoms with Gasteiger partial charge in [-0.1, -0.05) is 0 Å². The maximum absolute atomic E-state index is 12.7. The van der Waals surface area contributed by atoms with Crippen LogP contribution < -0.4 is 10.2 Å². The number of aromatic nitrogens is 1. The van der Waals surface area contributed by atoms with Gasteiger partial charge >= 0.3 is 0 Å². The van der Waals surface area contributed by atoms with E-state index in [1.165, 1.54) is 6.42 Å². The van der Waals surface area contributed by atoms with E-state index >= 15 is 0 Å². The topological polar surface area (TPSA) is 48.5 Å². The summed E-state index contributed by atoms with van der Waals surface area (Å²) >= 11 is 0. The molecule has 1 aromatic rings. The molecule has 2 aliphatic heterocycles. The van der Waals surface area contributed by atoms with Gasteiger partial charge in [-0.3, -0.25) is 4.79 Å². The maximum atomic E-state index is 12.7. The van der Waals surface area contributed by atoms with Crippen LogP contribution in [0.25, 0.3) is 0 Å². The van der Waals surface area contributed by atoms with Crippen molar-refractivity contribution in [2.45, 2.75) is 46.1 Å². The van der Waals surface area contributed by atoms with Crippen molar-refractivity contribution in [1.29, 1.82) is 0 Å². The van der Waals surface area contributed by atoms with E-state index in [0.717, 1.165) is 51.4 Å². The Balaban J connectivity index is 1.63. The molecule has 0 unspecified atom stereocenters. The lowest BCUT2D eigenvalue weighted by molar-refractivity contribution is 0.0607. The van der Waals surface area contributed by atoms with Crippen LogP contribution in [0.2, 0.25) is 0 Å². The normalized spacial score (nSPS) is 19.9. The monoisotopic (exact) mass is 330 g/mol. The van der Waals surface area contributed by atoms with Crippen molar-refractivity contribution in [2.24, 2.45) is 5.41 Å². The van der Waals surface area contributed by atoms with Crippen LogP contribution in [0.4, 0.5) is 5.82 Å². The molecule has 132 valence electrons. The van der Waals surface area contributed by atoms with Crippen LogP contribution in [0.3, 0.4) is 0 Å². The molecule has 24 heavy (non-hydrogen) atoms. The SMILES string of the molecule is CCN(c1ccc(C(=O)N2CCC3(CCNC3)CC2)cn1)C(C)C. The number of likely N-dealkylation sites (tertiary alicyclic amines) is 1. The summed E-state index contributed by atoms with van der Waals surface area (Å²) < 4.78 is 0. The van der Waals surface area contributed by atoms with Crippen molar-refractivity contribution in [1.82, 2.24) is 15.2 Å². The molecule has 0 atom stereocenters. The van der Waals surface area contributed by atoms with Gasteiger partial charge in [-0.25, -0.2) is 4.98 Å². The van der Waals surface area contributed by atoms with Crippen molar-refractivity contribution >= 4 is 11.7 Å². The molecule has 1 N–H and O–H groups in total. The predicted molar refractivity (Wildman–Crippen MR) is 97.5 cm³/mol. The fourth-order valence-electron chi connectivity index (χ4n) is 4.06. The van der Waals surface area contributed by atoms with Gasteiger partial charge in [-0.05, 0) is 64.1 Å². The fourth-order valence-corrected chi connectivity index (χ4v) is 4.06. The molecular formula is C19H30N4O. The smallest absolute Gasteiger partial charge is 0.255 e. The summed E-state index contributed by atoms with van der Waals surface area (Å²) in [6.07, 6.45) is 5.24. The third kappa shape index (κ3) is 3.41. The van der Waals surface area contributed by atoms with E-state index < -0.39 is 0 Å². The Morgan fingerprint density at radius 3 is 2.58 bits per heavy atom. The molecule has 2 saturated heterocycles. The van der Waals surface area contributed by atoms with E-state index in [1.54, 1.807) is 6.20 Å². The Morgan fingerprint density at radius 2 is 2.08 bits per heavy atom. The van der Waals surface area contributed by atoms with Gasteiger partial charge in [0.1, 0.15) is 5.82 Å². The number of pyridine rings is 1. The molecule has 5 nitrogen and oxygen atoms in total. The Bertz CT molecular complexity index is 553. The fraction of sp³-hybridized carbons (Fsp3) is 0.684. The molecule has 2 aliphatic rings. The second-order valence-electron chi connectivity index (χ2n) is 7.50. The Labute approximate surface area is 145 Å². The molecule has 2 fully saturated rings. The zero-order valence-electron chi connectivity index (χ0n) is 15.2. The van der Waals surface area contributed by atoms with E-state index in [0.29, 0.717) is 17.0 Å². The van der Waals surface area contributed by atoms with Crippen LogP contribution >= 0.6 is 0 Å². The maximum Gasteiger partial charge on any atom is 0.255 e. The number of piperidine rings is 1. The first-order chi connectivity index (χ1) is 11.5. The van der Waals surface area contributed by atoms with Crippen molar-refractivity contribution < 1.29 is 4.79 Å². The molecule has 3 rings (SSSR count). The highest BCUT2D eigenvalue weighted by Gasteiger charge is 2.38. The zero-order valence-corrected chi connectivity index (χ0v) is 15.2. The number of nitrogens with zero attached hydrogens (tertiary/aromatic N) is 3. The molecule has 0 radical (unpaired) electrons. The van der Waals surface area contributed by atoms with Gasteiger partial charge in [-0.15, -0.1) is 0 Å². The van der Waals surface area contributed by atoms with Crippen LogP contribution in [-0.2, 0) is 0 Å². The molecule has 3 heterocycles. The average molecular weight is 330 g/mol. The summed E-state index contributed by atoms with van der Waals surface area (Å²) in [7, 11) is 0. The summed E-state index contributed by atoms with van der Waals surface area (Å²) in [5.41, 5.74) is 1.15. The van der Waals surface area contributed by atoms with Gasteiger partial charge < -0.3 is 15.1 Å². The van der Waals surface area contributed by atoms with Crippen LogP contribution in [0.5, 0.6) is 0 Å². The lowest BCUT2D eigenvalue weighted by Crippen LogP contribution is -2.44. The molecule has 0 saturated carbocycles. The summed E-state index contributed by atoms with van der Waals surface area (Å²) in [4.78, 5) is 21.5. The number of anilines is 1. The summed E-state index contributed by atoms with van der Waals surface area (Å²) in [5.74, 6) is 1.07. The van der Waals surface area contributed by atoms with Gasteiger partial charge in [0.2, 0.25) is 0 Å². The largest absolute Gasteiger partial charge is 0.354 e. The lowest BCUT2D eigenvalue weighted by Gasteiger charge is -2.38. The highest BCUT2D eigenvalue weighted by atomic mass is 16.2. The molecular weight excluding hydrogens is 300 g/mol. The van der Waals surface area contributed by atoms with Crippen molar-refractivity contribution in [2.75, 3.05) is 37.6 Å². The van der Waals surface area contributed by atoms with E-state index in [-0.39, 0.29) is 5.91 Å². The number of carbonyl (C=O) groups excluding carboxylic acids is 1. The minimum atomic E-state index is 0.127. The molecule has 5 heteroatoms. The van der Waals surface area contributed by atoms with Crippen molar-refractivity contribution in [3.63, 3.8) is 0 Å². The van der Waals surface area contributed by atoms with Gasteiger partial charge in [0, 0.05) is 38.4 Å². The van der Waals surface area contributed by atoms with E-state index in [4.69, 9.17) is 0 Å². The minimum absolute atomic E-state index is 0.127. The van der Waals surface area contributed by atoms with Crippen molar-refractivity contribution in [3.8, 4) is 0 Å². The third-order valence-electron chi connectivity index (χ3n) is 5.70. The zero-order chi connectivity index (χ0) is 17.2. The predicted octanol–water partition coefficient (Wildman–Crippen LogP) is 2.53. The molecule has 0 bridgehead atoms. The van der Waals surface area contributed by atoms with Gasteiger partial charge in [0.15, 0.2) is 0 Å². The van der Waals surface area contributed by atoms with Gasteiger partial charge in [0.25, 0.3) is 5.91 Å². The first-order valence-electron chi connectivity index (χ1n) is 9.27. The molecule has 0 aromatic carbocycles. The van der Waals surface area contributed by atoms with Crippen LogP contribution in [-0.4, -0.2) is 54.6 Å². The summed E-state index contributed by atoms with van der Waals surface area (Å²) in [5, 5.41) is 3.47. The van der Waals surface area contributed by atoms with Crippen LogP contribution in [0.15, 0.2) is 18.3 Å². The van der Waals surface area contributed by atoms with E-state index in [1.807, 2.05) is 17.0 Å². The van der Waals surface area contributed by atoms with Crippen LogP contribution in [0, 0.1) is 5.41 Å². The quantitative estimate of drug-likeness (QED) is 0.922. The Morgan fingerprint density at radius 1 is 1.33 bits per heavy atom. The minimum Gasteiger partial charge on any atom is -0.354 e. The molecule has 1 amide bonds. The second kappa shape index (κ2) is 7.09. The highest BCUT2D eigenvalue weighted by molar-refractivity contribution is 5.94. The highest BCUT2D eigenvalue weighted by Crippen LogP contribution is 2.37. The first kappa shape index (κ1) is 17.2. The number of carbonyl (C=O) groups is 1. The lowest BCUT2D eigenvalue weighted by atomic mass is 9.78. The second-order valence-corrected chi connectivity index (χ2v) is 7.50. The summed E-state index contributed by atoms with van der Waals surface area (Å²) in [6.45, 7) is 11.3. The molecule has 1 aromatic heterocycles. The molecule has 0 aliphatic carbocycles. The number of hydrogen-bond acceptors (Lipinski definition) is 4. The Kier molecular flexibility index (Phi) is 5.09. The molecule has 1 spiro atoms. The van der Waals surface area contributed by atoms with Crippen molar-refractivity contribution in [3.05, 3.63) is 23.9 Å². The Hall–Kier alpha value is -1.62. The van der Waals surface area contributed by atoms with Gasteiger partial charge in [0.05, 0.1) is 5.56 Å². The van der Waals surface area contributed by atoms with E-state index in [2.05, 4.69) is 36.0 Å². The number of rotatable bonds is 4. The van der Waals surface area contributed by atoms with E-state index in [9.17, 15) is 4.79 Å². The summed E-state index contributed by atoms with van der Waals surface area (Å²) in [6, 6.07) is 4.31. The number of hydrogen-bond donors (Lipinski definition) is 1. The number of amides is 1. The van der Waals surface area contributed by atoms with Crippen LogP contribution in [0.1, 0.15) is 50.4 Å². The third-order valence-corrected chi connectivity index (χ3v) is 5.70. The first-order valence-corrected chi connectivity index (χ1v) is 9.27. The number of nitrogens with one attached hydrogen (secondary N) is 1. The van der Waals surface area contributed by atoms with Gasteiger partial charge in [-0.2, -0.15) is 0 Å².